The van der Waals surface area contributed by atoms with Crippen LogP contribution in [0.5, 0.6) is 0 Å². The fraction of sp³-hybridized carbons (Fsp3) is 0.583. The minimum Gasteiger partial charge on any atom is -0.349 e. The van der Waals surface area contributed by atoms with E-state index in [9.17, 15) is 4.79 Å². The zero-order valence-electron chi connectivity index (χ0n) is 17.3. The Morgan fingerprint density at radius 2 is 1.76 bits per heavy atom. The highest BCUT2D eigenvalue weighted by molar-refractivity contribution is 6.33. The molecule has 6 rings (SSSR count). The Morgan fingerprint density at radius 3 is 2.34 bits per heavy atom. The molecule has 1 amide bonds. The Kier molecular flexibility index (Phi) is 4.73. The van der Waals surface area contributed by atoms with E-state index in [1.54, 1.807) is 4.68 Å². The molecule has 1 atom stereocenters. The quantitative estimate of drug-likeness (QED) is 0.732. The van der Waals surface area contributed by atoms with Crippen LogP contribution in [0, 0.1) is 30.1 Å². The molecule has 154 valence electrons. The van der Waals surface area contributed by atoms with Crippen LogP contribution >= 0.6 is 11.6 Å². The van der Waals surface area contributed by atoms with E-state index in [-0.39, 0.29) is 17.4 Å². The van der Waals surface area contributed by atoms with Crippen LogP contribution in [0.25, 0.3) is 0 Å². The van der Waals surface area contributed by atoms with E-state index in [4.69, 9.17) is 11.6 Å². The Balaban J connectivity index is 1.33. The maximum absolute atomic E-state index is 13.2. The van der Waals surface area contributed by atoms with Crippen LogP contribution in [-0.4, -0.2) is 21.7 Å². The molecule has 0 unspecified atom stereocenters. The monoisotopic (exact) mass is 411 g/mol. The van der Waals surface area contributed by atoms with Crippen LogP contribution in [0.15, 0.2) is 30.3 Å². The lowest BCUT2D eigenvalue weighted by Gasteiger charge is -2.59. The van der Waals surface area contributed by atoms with Gasteiger partial charge in [-0.2, -0.15) is 5.10 Å². The molecule has 1 aromatic carbocycles. The Morgan fingerprint density at radius 1 is 1.17 bits per heavy atom. The maximum Gasteiger partial charge on any atom is 0.256 e. The second kappa shape index (κ2) is 7.16. The third kappa shape index (κ3) is 3.39. The molecule has 4 fully saturated rings. The van der Waals surface area contributed by atoms with Crippen LogP contribution in [0.2, 0.25) is 5.15 Å². The van der Waals surface area contributed by atoms with Gasteiger partial charge >= 0.3 is 0 Å². The van der Waals surface area contributed by atoms with Gasteiger partial charge in [-0.15, -0.1) is 0 Å². The molecule has 1 heterocycles. The molecular weight excluding hydrogens is 382 g/mol. The molecule has 1 aromatic heterocycles. The molecule has 0 radical (unpaired) electrons. The van der Waals surface area contributed by atoms with Crippen LogP contribution < -0.4 is 5.32 Å². The summed E-state index contributed by atoms with van der Waals surface area (Å²) in [6.45, 7) is 4.65. The Labute approximate surface area is 178 Å². The van der Waals surface area contributed by atoms with E-state index in [0.717, 1.165) is 23.3 Å². The van der Waals surface area contributed by atoms with Crippen LogP contribution in [0.4, 0.5) is 0 Å². The first kappa shape index (κ1) is 19.2. The van der Waals surface area contributed by atoms with Crippen molar-refractivity contribution in [3.63, 3.8) is 0 Å². The van der Waals surface area contributed by atoms with Crippen molar-refractivity contribution in [3.05, 3.63) is 52.3 Å². The number of halogens is 1. The molecule has 4 saturated carbocycles. The predicted octanol–water partition coefficient (Wildman–Crippen LogP) is 5.23. The van der Waals surface area contributed by atoms with Gasteiger partial charge in [0, 0.05) is 6.04 Å². The predicted molar refractivity (Wildman–Crippen MR) is 115 cm³/mol. The van der Waals surface area contributed by atoms with Crippen molar-refractivity contribution in [1.82, 2.24) is 15.1 Å². The number of amides is 1. The number of aromatic nitrogens is 2. The SMILES string of the molecule is Cc1nn(Cc2ccccc2)c(Cl)c1C(=O)N[C@@H](C)C12CC3CC(CC(C3)C1)C2. The summed E-state index contributed by atoms with van der Waals surface area (Å²) in [6, 6.07) is 10.3. The lowest BCUT2D eigenvalue weighted by atomic mass is 9.48. The first-order valence-corrected chi connectivity index (χ1v) is 11.4. The standard InChI is InChI=1S/C24H30ClN3O/c1-15-21(22(25)28(27-15)14-17-6-4-3-5-7-17)23(29)26-16(2)24-11-18-8-19(12-24)10-20(9-18)13-24/h3-7,16,18-20H,8-14H2,1-2H3,(H,26,29)/t16-,18?,19?,20?,24?/m0/s1. The van der Waals surface area contributed by atoms with Gasteiger partial charge in [0.1, 0.15) is 5.15 Å². The topological polar surface area (TPSA) is 46.9 Å². The zero-order chi connectivity index (χ0) is 20.2. The summed E-state index contributed by atoms with van der Waals surface area (Å²) in [6.07, 6.45) is 8.08. The molecule has 0 spiro atoms. The average Bonchev–Trinajstić information content (AvgIpc) is 2.94. The van der Waals surface area contributed by atoms with Crippen molar-refractivity contribution in [2.75, 3.05) is 0 Å². The average molecular weight is 412 g/mol. The number of carbonyl (C=O) groups excluding carboxylic acids is 1. The van der Waals surface area contributed by atoms with Gasteiger partial charge in [0.15, 0.2) is 0 Å². The smallest absolute Gasteiger partial charge is 0.256 e. The van der Waals surface area contributed by atoms with Gasteiger partial charge in [-0.05, 0) is 81.1 Å². The van der Waals surface area contributed by atoms with Gasteiger partial charge in [0.2, 0.25) is 0 Å². The largest absolute Gasteiger partial charge is 0.349 e. The lowest BCUT2D eigenvalue weighted by Crippen LogP contribution is -2.55. The van der Waals surface area contributed by atoms with E-state index < -0.39 is 0 Å². The van der Waals surface area contributed by atoms with Crippen LogP contribution in [0.3, 0.4) is 0 Å². The number of benzene rings is 1. The second-order valence-electron chi connectivity index (χ2n) is 9.87. The molecule has 4 aliphatic carbocycles. The highest BCUT2D eigenvalue weighted by Gasteiger charge is 2.53. The Hall–Kier alpha value is -1.81. The number of aryl methyl sites for hydroxylation is 1. The number of nitrogens with zero attached hydrogens (tertiary/aromatic N) is 2. The number of hydrogen-bond acceptors (Lipinski definition) is 2. The summed E-state index contributed by atoms with van der Waals surface area (Å²) in [7, 11) is 0. The maximum atomic E-state index is 13.2. The molecule has 1 N–H and O–H groups in total. The molecule has 0 aliphatic heterocycles. The van der Waals surface area contributed by atoms with Gasteiger partial charge in [-0.25, -0.2) is 4.68 Å². The highest BCUT2D eigenvalue weighted by atomic mass is 35.5. The fourth-order valence-electron chi connectivity index (χ4n) is 6.80. The van der Waals surface area contributed by atoms with E-state index in [2.05, 4.69) is 17.3 Å². The summed E-state index contributed by atoms with van der Waals surface area (Å²) in [4.78, 5) is 13.2. The lowest BCUT2D eigenvalue weighted by molar-refractivity contribution is -0.0688. The van der Waals surface area contributed by atoms with Crippen molar-refractivity contribution in [1.29, 1.82) is 0 Å². The third-order valence-corrected chi connectivity index (χ3v) is 8.20. The fourth-order valence-corrected chi connectivity index (χ4v) is 7.12. The number of hydrogen-bond donors (Lipinski definition) is 1. The molecule has 0 saturated heterocycles. The highest BCUT2D eigenvalue weighted by Crippen LogP contribution is 2.61. The number of carbonyl (C=O) groups is 1. The van der Waals surface area contributed by atoms with Gasteiger partial charge in [0.25, 0.3) is 5.91 Å². The molecule has 29 heavy (non-hydrogen) atoms. The second-order valence-corrected chi connectivity index (χ2v) is 10.2. The van der Waals surface area contributed by atoms with Gasteiger partial charge in [-0.1, -0.05) is 41.9 Å². The molecular formula is C24H30ClN3O. The van der Waals surface area contributed by atoms with Gasteiger partial charge in [0.05, 0.1) is 17.8 Å². The van der Waals surface area contributed by atoms with E-state index in [1.807, 2.05) is 37.3 Å². The van der Waals surface area contributed by atoms with E-state index >= 15 is 0 Å². The zero-order valence-corrected chi connectivity index (χ0v) is 18.1. The normalized spacial score (nSPS) is 31.1. The molecule has 4 bridgehead atoms. The van der Waals surface area contributed by atoms with Crippen molar-refractivity contribution >= 4 is 17.5 Å². The van der Waals surface area contributed by atoms with Gasteiger partial charge < -0.3 is 5.32 Å². The third-order valence-electron chi connectivity index (χ3n) is 7.82. The first-order valence-electron chi connectivity index (χ1n) is 11.0. The Bertz CT molecular complexity index is 884. The molecule has 4 aliphatic rings. The van der Waals surface area contributed by atoms with Crippen molar-refractivity contribution < 1.29 is 4.79 Å². The van der Waals surface area contributed by atoms with E-state index in [0.29, 0.717) is 23.0 Å². The van der Waals surface area contributed by atoms with Gasteiger partial charge in [-0.3, -0.25) is 4.79 Å². The number of nitrogens with one attached hydrogen (secondary N) is 1. The van der Waals surface area contributed by atoms with Crippen molar-refractivity contribution in [2.24, 2.45) is 23.2 Å². The summed E-state index contributed by atoms with van der Waals surface area (Å²) >= 11 is 6.62. The van der Waals surface area contributed by atoms with Crippen molar-refractivity contribution in [3.8, 4) is 0 Å². The first-order chi connectivity index (χ1) is 13.9. The van der Waals surface area contributed by atoms with E-state index in [1.165, 1.54) is 38.5 Å². The summed E-state index contributed by atoms with van der Waals surface area (Å²) in [5, 5.41) is 8.32. The molecule has 2 aromatic rings. The number of rotatable bonds is 5. The van der Waals surface area contributed by atoms with Crippen LogP contribution in [-0.2, 0) is 6.54 Å². The molecule has 5 heteroatoms. The summed E-state index contributed by atoms with van der Waals surface area (Å²) < 4.78 is 1.73. The minimum absolute atomic E-state index is 0.0740. The molecule has 4 nitrogen and oxygen atoms in total. The summed E-state index contributed by atoms with van der Waals surface area (Å²) in [5.74, 6) is 2.55. The minimum atomic E-state index is -0.0740. The van der Waals surface area contributed by atoms with Crippen LogP contribution in [0.1, 0.15) is 67.1 Å². The van der Waals surface area contributed by atoms with Crippen molar-refractivity contribution in [2.45, 2.75) is 65.0 Å². The summed E-state index contributed by atoms with van der Waals surface area (Å²) in [5.41, 5.74) is 2.62.